The van der Waals surface area contributed by atoms with Crippen LogP contribution in [0.2, 0.25) is 5.02 Å². The molecule has 180 valence electrons. The molecular formula is C37H25Cl. The molecule has 0 nitrogen and oxygen atoms in total. The minimum atomic E-state index is -0.373. The summed E-state index contributed by atoms with van der Waals surface area (Å²) in [4.78, 5) is 0. The van der Waals surface area contributed by atoms with Crippen molar-refractivity contribution in [2.24, 2.45) is 0 Å². The molecular weight excluding hydrogens is 480 g/mol. The molecule has 0 saturated heterocycles. The van der Waals surface area contributed by atoms with E-state index in [0.717, 1.165) is 27.3 Å². The van der Waals surface area contributed by atoms with Crippen LogP contribution in [0.15, 0.2) is 152 Å². The van der Waals surface area contributed by atoms with Gasteiger partial charge in [-0.3, -0.25) is 0 Å². The van der Waals surface area contributed by atoms with Crippen molar-refractivity contribution in [2.45, 2.75) is 5.41 Å². The average molecular weight is 505 g/mol. The van der Waals surface area contributed by atoms with E-state index in [4.69, 9.17) is 11.6 Å². The smallest absolute Gasteiger partial charge is 0.0713 e. The standard InChI is InChI=1S/C37H25Cl/c38-36-25-28(20-22-31(36)26-12-4-1-5-13-26)27-21-23-35-33(24-27)32-18-10-11-19-34(32)37(35,29-14-6-2-7-15-29)30-16-8-3-9-17-30/h1-25H. The summed E-state index contributed by atoms with van der Waals surface area (Å²) in [5, 5.41) is 0.762. The molecule has 7 rings (SSSR count). The van der Waals surface area contributed by atoms with Crippen LogP contribution in [-0.4, -0.2) is 0 Å². The van der Waals surface area contributed by atoms with Crippen molar-refractivity contribution in [2.75, 3.05) is 0 Å². The van der Waals surface area contributed by atoms with Crippen molar-refractivity contribution in [1.82, 2.24) is 0 Å². The largest absolute Gasteiger partial charge is 0.0836 e. The maximum Gasteiger partial charge on any atom is 0.0713 e. The lowest BCUT2D eigenvalue weighted by molar-refractivity contribution is 0.768. The van der Waals surface area contributed by atoms with Gasteiger partial charge >= 0.3 is 0 Å². The molecule has 0 aliphatic heterocycles. The second-order valence-electron chi connectivity index (χ2n) is 9.85. The highest BCUT2D eigenvalue weighted by atomic mass is 35.5. The first kappa shape index (κ1) is 22.8. The summed E-state index contributed by atoms with van der Waals surface area (Å²) < 4.78 is 0. The molecule has 1 heteroatoms. The van der Waals surface area contributed by atoms with Crippen molar-refractivity contribution in [1.29, 1.82) is 0 Å². The molecule has 0 N–H and O–H groups in total. The van der Waals surface area contributed by atoms with E-state index in [0.29, 0.717) is 0 Å². The number of rotatable bonds is 4. The lowest BCUT2D eigenvalue weighted by Gasteiger charge is -2.33. The van der Waals surface area contributed by atoms with Gasteiger partial charge in [0.2, 0.25) is 0 Å². The predicted octanol–water partition coefficient (Wildman–Crippen LogP) is 10.0. The van der Waals surface area contributed by atoms with E-state index in [9.17, 15) is 0 Å². The van der Waals surface area contributed by atoms with Gasteiger partial charge in [-0.25, -0.2) is 0 Å². The molecule has 0 aromatic heterocycles. The Kier molecular flexibility index (Phi) is 5.50. The molecule has 38 heavy (non-hydrogen) atoms. The molecule has 6 aromatic rings. The van der Waals surface area contributed by atoms with Crippen LogP contribution in [0.25, 0.3) is 33.4 Å². The first-order chi connectivity index (χ1) is 18.8. The Morgan fingerprint density at radius 2 is 0.895 bits per heavy atom. The molecule has 0 amide bonds. The highest BCUT2D eigenvalue weighted by molar-refractivity contribution is 6.33. The van der Waals surface area contributed by atoms with E-state index in [1.54, 1.807) is 0 Å². The average Bonchev–Trinajstić information content (AvgIpc) is 3.29. The van der Waals surface area contributed by atoms with Gasteiger partial charge in [0.15, 0.2) is 0 Å². The quantitative estimate of drug-likeness (QED) is 0.223. The molecule has 0 atom stereocenters. The summed E-state index contributed by atoms with van der Waals surface area (Å²) >= 11 is 6.82. The van der Waals surface area contributed by atoms with Gasteiger partial charge in [0.1, 0.15) is 0 Å². The van der Waals surface area contributed by atoms with Gasteiger partial charge in [-0.2, -0.15) is 0 Å². The Bertz CT molecular complexity index is 1710. The number of hydrogen-bond acceptors (Lipinski definition) is 0. The molecule has 0 unspecified atom stereocenters. The van der Waals surface area contributed by atoms with Crippen LogP contribution in [0.1, 0.15) is 22.3 Å². The van der Waals surface area contributed by atoms with Gasteiger partial charge in [-0.1, -0.05) is 151 Å². The van der Waals surface area contributed by atoms with Crippen molar-refractivity contribution in [3.05, 3.63) is 179 Å². The van der Waals surface area contributed by atoms with E-state index in [-0.39, 0.29) is 5.41 Å². The molecule has 0 heterocycles. The van der Waals surface area contributed by atoms with E-state index >= 15 is 0 Å². The SMILES string of the molecule is Clc1cc(-c2ccc3c(c2)-c2ccccc2C3(c2ccccc2)c2ccccc2)ccc1-c1ccccc1. The Morgan fingerprint density at radius 1 is 0.368 bits per heavy atom. The van der Waals surface area contributed by atoms with Crippen molar-refractivity contribution < 1.29 is 0 Å². The zero-order valence-electron chi connectivity index (χ0n) is 20.8. The lowest BCUT2D eigenvalue weighted by Crippen LogP contribution is -2.28. The number of hydrogen-bond donors (Lipinski definition) is 0. The van der Waals surface area contributed by atoms with Gasteiger partial charge in [0.25, 0.3) is 0 Å². The van der Waals surface area contributed by atoms with Crippen molar-refractivity contribution >= 4 is 11.6 Å². The predicted molar refractivity (Wildman–Crippen MR) is 160 cm³/mol. The number of fused-ring (bicyclic) bond motifs is 3. The summed E-state index contributed by atoms with van der Waals surface area (Å²) in [5.74, 6) is 0. The second kappa shape index (κ2) is 9.17. The summed E-state index contributed by atoms with van der Waals surface area (Å²) in [6.45, 7) is 0. The van der Waals surface area contributed by atoms with Gasteiger partial charge in [0.05, 0.1) is 5.41 Å². The third-order valence-electron chi connectivity index (χ3n) is 7.85. The van der Waals surface area contributed by atoms with Gasteiger partial charge < -0.3 is 0 Å². The summed E-state index contributed by atoms with van der Waals surface area (Å²) in [6.07, 6.45) is 0. The van der Waals surface area contributed by atoms with E-state index in [1.807, 2.05) is 18.2 Å². The van der Waals surface area contributed by atoms with E-state index in [1.165, 1.54) is 33.4 Å². The Morgan fingerprint density at radius 3 is 1.55 bits per heavy atom. The van der Waals surface area contributed by atoms with Gasteiger partial charge in [-0.05, 0) is 62.2 Å². The topological polar surface area (TPSA) is 0 Å². The first-order valence-corrected chi connectivity index (χ1v) is 13.4. The first-order valence-electron chi connectivity index (χ1n) is 13.0. The molecule has 0 saturated carbocycles. The van der Waals surface area contributed by atoms with E-state index < -0.39 is 0 Å². The lowest BCUT2D eigenvalue weighted by atomic mass is 9.67. The Labute approximate surface area is 228 Å². The maximum atomic E-state index is 6.82. The summed E-state index contributed by atoms with van der Waals surface area (Å²) in [7, 11) is 0. The number of benzene rings is 6. The minimum Gasteiger partial charge on any atom is -0.0836 e. The van der Waals surface area contributed by atoms with Crippen LogP contribution in [0, 0.1) is 0 Å². The van der Waals surface area contributed by atoms with E-state index in [2.05, 4.69) is 133 Å². The van der Waals surface area contributed by atoms with Crippen LogP contribution in [0.3, 0.4) is 0 Å². The fourth-order valence-corrected chi connectivity index (χ4v) is 6.46. The maximum absolute atomic E-state index is 6.82. The monoisotopic (exact) mass is 504 g/mol. The molecule has 0 fully saturated rings. The van der Waals surface area contributed by atoms with Crippen molar-refractivity contribution in [3.8, 4) is 33.4 Å². The fourth-order valence-electron chi connectivity index (χ4n) is 6.18. The molecule has 0 bridgehead atoms. The van der Waals surface area contributed by atoms with Crippen LogP contribution >= 0.6 is 11.6 Å². The zero-order valence-corrected chi connectivity index (χ0v) is 21.6. The van der Waals surface area contributed by atoms with Crippen LogP contribution in [-0.2, 0) is 5.41 Å². The summed E-state index contributed by atoms with van der Waals surface area (Å²) in [5.41, 5.74) is 11.8. The van der Waals surface area contributed by atoms with Crippen LogP contribution in [0.4, 0.5) is 0 Å². The highest BCUT2D eigenvalue weighted by Crippen LogP contribution is 2.56. The van der Waals surface area contributed by atoms with Gasteiger partial charge in [-0.15, -0.1) is 0 Å². The van der Waals surface area contributed by atoms with Crippen LogP contribution in [0.5, 0.6) is 0 Å². The highest BCUT2D eigenvalue weighted by Gasteiger charge is 2.45. The molecule has 0 radical (unpaired) electrons. The molecule has 0 spiro atoms. The van der Waals surface area contributed by atoms with Crippen LogP contribution < -0.4 is 0 Å². The Hall–Kier alpha value is -4.39. The minimum absolute atomic E-state index is 0.373. The second-order valence-corrected chi connectivity index (χ2v) is 10.3. The molecule has 1 aliphatic rings. The number of halogens is 1. The third-order valence-corrected chi connectivity index (χ3v) is 8.16. The van der Waals surface area contributed by atoms with Crippen molar-refractivity contribution in [3.63, 3.8) is 0 Å². The Balaban J connectivity index is 1.44. The normalized spacial score (nSPS) is 13.1. The molecule has 6 aromatic carbocycles. The molecule has 1 aliphatic carbocycles. The summed E-state index contributed by atoms with van der Waals surface area (Å²) in [6, 6.07) is 54.3. The third kappa shape index (κ3) is 3.45. The zero-order chi connectivity index (χ0) is 25.5. The fraction of sp³-hybridized carbons (Fsp3) is 0.0270. The van der Waals surface area contributed by atoms with Gasteiger partial charge in [0, 0.05) is 10.6 Å².